The third-order valence-electron chi connectivity index (χ3n) is 7.81. The zero-order chi connectivity index (χ0) is 31.6. The molecule has 2 amide bonds. The van der Waals surface area contributed by atoms with Crippen molar-refractivity contribution in [3.8, 4) is 17.2 Å². The lowest BCUT2D eigenvalue weighted by atomic mass is 10.0. The quantitative estimate of drug-likeness (QED) is 0.334. The predicted octanol–water partition coefficient (Wildman–Crippen LogP) is 5.25. The number of carbonyl (C=O) groups is 2. The Morgan fingerprint density at radius 2 is 1.72 bits per heavy atom. The number of hydrogen-bond acceptors (Lipinski definition) is 7. The molecule has 2 aromatic rings. The minimum atomic E-state index is -5.18. The van der Waals surface area contributed by atoms with E-state index >= 15 is 0 Å². The van der Waals surface area contributed by atoms with Crippen molar-refractivity contribution in [1.82, 2.24) is 15.2 Å². The number of nitriles is 1. The normalized spacial score (nSPS) is 22.4. The van der Waals surface area contributed by atoms with Gasteiger partial charge in [-0.3, -0.25) is 4.79 Å². The van der Waals surface area contributed by atoms with Gasteiger partial charge in [0.15, 0.2) is 16.1 Å². The Hall–Kier alpha value is -3.58. The molecule has 9 nitrogen and oxygen atoms in total. The molecule has 2 heterocycles. The Labute approximate surface area is 245 Å². The Morgan fingerprint density at radius 1 is 1.07 bits per heavy atom. The van der Waals surface area contributed by atoms with Crippen LogP contribution < -0.4 is 5.32 Å². The molecule has 3 aliphatic rings. The fourth-order valence-electron chi connectivity index (χ4n) is 5.01. The lowest BCUT2D eigenvalue weighted by Crippen LogP contribution is -2.49. The van der Waals surface area contributed by atoms with Crippen molar-refractivity contribution in [2.24, 2.45) is 5.41 Å². The number of nitrogens with zero attached hydrogens (tertiary/aromatic N) is 3. The van der Waals surface area contributed by atoms with Crippen LogP contribution in [-0.2, 0) is 25.5 Å². The lowest BCUT2D eigenvalue weighted by Gasteiger charge is -2.29. The second-order valence-electron chi connectivity index (χ2n) is 10.7. The molecule has 5 rings (SSSR count). The van der Waals surface area contributed by atoms with Crippen LogP contribution in [0.15, 0.2) is 41.4 Å². The highest BCUT2D eigenvalue weighted by molar-refractivity contribution is 7.92. The standard InChI is InChI=1S/C26H21ClF6N4O5S/c27-19-10-15(3-8-35-19)14-1-2-18(17(9-14)25(28,29)30)43(40,41)16-11-20(42-22(39)36-23(13-34)4-5-23)37(12-16)21(38)24(6-7-24)26(31,32)33/h1-3,8-10,16,20H,4-7,11-12H2,(H,36,39)/t16-,20+/m1/s1. The van der Waals surface area contributed by atoms with E-state index in [2.05, 4.69) is 10.3 Å². The zero-order valence-electron chi connectivity index (χ0n) is 21.8. The van der Waals surface area contributed by atoms with Gasteiger partial charge in [-0.05, 0) is 61.1 Å². The molecule has 1 aromatic carbocycles. The molecule has 2 atom stereocenters. The summed E-state index contributed by atoms with van der Waals surface area (Å²) in [5, 5.41) is 9.55. The van der Waals surface area contributed by atoms with E-state index in [1.165, 1.54) is 18.3 Å². The van der Waals surface area contributed by atoms with Gasteiger partial charge in [0.25, 0.3) is 0 Å². The molecule has 0 bridgehead atoms. The van der Waals surface area contributed by atoms with E-state index in [1.54, 1.807) is 0 Å². The number of nitrogens with one attached hydrogen (secondary N) is 1. The molecule has 1 saturated heterocycles. The van der Waals surface area contributed by atoms with Gasteiger partial charge in [0.1, 0.15) is 16.1 Å². The number of halogens is 7. The number of alkyl halides is 6. The van der Waals surface area contributed by atoms with E-state index in [-0.39, 0.29) is 29.1 Å². The monoisotopic (exact) mass is 650 g/mol. The molecule has 43 heavy (non-hydrogen) atoms. The SMILES string of the molecule is N#CC1(NC(=O)O[C@H]2C[C@@H](S(=O)(=O)c3ccc(-c4ccnc(Cl)c4)cc3C(F)(F)F)CN2C(=O)C2(C(F)(F)F)CC2)CC1. The van der Waals surface area contributed by atoms with Crippen LogP contribution >= 0.6 is 11.6 Å². The summed E-state index contributed by atoms with van der Waals surface area (Å²) in [6.45, 7) is -0.959. The summed E-state index contributed by atoms with van der Waals surface area (Å²) in [4.78, 5) is 28.7. The largest absolute Gasteiger partial charge is 0.425 e. The van der Waals surface area contributed by atoms with Gasteiger partial charge < -0.3 is 15.0 Å². The van der Waals surface area contributed by atoms with E-state index in [0.717, 1.165) is 12.1 Å². The van der Waals surface area contributed by atoms with Gasteiger partial charge in [-0.1, -0.05) is 17.7 Å². The molecule has 1 aliphatic heterocycles. The van der Waals surface area contributed by atoms with Crippen LogP contribution in [0, 0.1) is 16.7 Å². The average molecular weight is 651 g/mol. The van der Waals surface area contributed by atoms with E-state index in [1.807, 2.05) is 6.07 Å². The Balaban J connectivity index is 1.49. The third kappa shape index (κ3) is 5.72. The van der Waals surface area contributed by atoms with Crippen molar-refractivity contribution in [2.45, 2.75) is 66.4 Å². The van der Waals surface area contributed by atoms with Crippen LogP contribution in [0.25, 0.3) is 11.1 Å². The molecule has 3 fully saturated rings. The average Bonchev–Trinajstić information content (AvgIpc) is 3.84. The number of benzene rings is 1. The Bertz CT molecular complexity index is 1630. The van der Waals surface area contributed by atoms with Gasteiger partial charge in [0.2, 0.25) is 5.91 Å². The minimum absolute atomic E-state index is 0.0248. The number of likely N-dealkylation sites (tertiary alicyclic amines) is 1. The van der Waals surface area contributed by atoms with Gasteiger partial charge in [-0.25, -0.2) is 18.2 Å². The fraction of sp³-hybridized carbons (Fsp3) is 0.462. The van der Waals surface area contributed by atoms with Crippen LogP contribution in [0.2, 0.25) is 5.15 Å². The summed E-state index contributed by atoms with van der Waals surface area (Å²) < 4.78 is 116. The van der Waals surface area contributed by atoms with Gasteiger partial charge in [0.05, 0.1) is 21.8 Å². The molecule has 0 spiro atoms. The topological polar surface area (TPSA) is 129 Å². The maximum atomic E-state index is 14.2. The van der Waals surface area contributed by atoms with Gasteiger partial charge in [-0.2, -0.15) is 31.6 Å². The number of amides is 2. The number of aromatic nitrogens is 1. The number of ether oxygens (including phenoxy) is 1. The summed E-state index contributed by atoms with van der Waals surface area (Å²) in [6.07, 6.45) is -13.5. The fourth-order valence-corrected chi connectivity index (χ4v) is 7.06. The first-order valence-electron chi connectivity index (χ1n) is 12.8. The van der Waals surface area contributed by atoms with Gasteiger partial charge in [-0.15, -0.1) is 0 Å². The first-order valence-corrected chi connectivity index (χ1v) is 14.7. The van der Waals surface area contributed by atoms with Crippen molar-refractivity contribution < 1.29 is 49.1 Å². The summed E-state index contributed by atoms with van der Waals surface area (Å²) >= 11 is 5.83. The van der Waals surface area contributed by atoms with Crippen LogP contribution in [0.5, 0.6) is 0 Å². The van der Waals surface area contributed by atoms with Crippen molar-refractivity contribution in [3.05, 3.63) is 47.2 Å². The van der Waals surface area contributed by atoms with Crippen LogP contribution in [0.3, 0.4) is 0 Å². The number of alkyl carbamates (subject to hydrolysis) is 1. The van der Waals surface area contributed by atoms with E-state index in [9.17, 15) is 49.6 Å². The maximum Gasteiger partial charge on any atom is 0.417 e. The molecule has 230 valence electrons. The van der Waals surface area contributed by atoms with Crippen LogP contribution in [0.1, 0.15) is 37.7 Å². The summed E-state index contributed by atoms with van der Waals surface area (Å²) in [6, 6.07) is 6.88. The first kappa shape index (κ1) is 30.9. The highest BCUT2D eigenvalue weighted by atomic mass is 35.5. The number of pyridine rings is 1. The number of rotatable bonds is 6. The Kier molecular flexibility index (Phi) is 7.36. The molecule has 0 radical (unpaired) electrons. The molecular weight excluding hydrogens is 630 g/mol. The molecule has 1 N–H and O–H groups in total. The number of sulfone groups is 1. The van der Waals surface area contributed by atoms with Crippen molar-refractivity contribution in [3.63, 3.8) is 0 Å². The highest BCUT2D eigenvalue weighted by Gasteiger charge is 2.70. The van der Waals surface area contributed by atoms with Crippen LogP contribution in [0.4, 0.5) is 31.1 Å². The zero-order valence-corrected chi connectivity index (χ0v) is 23.4. The number of carbonyl (C=O) groups excluding carboxylic acids is 2. The molecule has 0 unspecified atom stereocenters. The van der Waals surface area contributed by atoms with E-state index in [0.29, 0.717) is 11.0 Å². The van der Waals surface area contributed by atoms with Crippen molar-refractivity contribution in [2.75, 3.05) is 6.54 Å². The summed E-state index contributed by atoms with van der Waals surface area (Å²) in [7, 11) is -4.98. The molecule has 1 aromatic heterocycles. The van der Waals surface area contributed by atoms with Gasteiger partial charge in [0, 0.05) is 19.2 Å². The first-order chi connectivity index (χ1) is 19.9. The third-order valence-corrected chi connectivity index (χ3v) is 10.2. The second kappa shape index (κ2) is 10.3. The summed E-state index contributed by atoms with van der Waals surface area (Å²) in [5.41, 5.74) is -5.46. The Morgan fingerprint density at radius 3 is 2.26 bits per heavy atom. The van der Waals surface area contributed by atoms with Crippen LogP contribution in [-0.4, -0.2) is 60.0 Å². The number of hydrogen-bond donors (Lipinski definition) is 1. The van der Waals surface area contributed by atoms with Crippen molar-refractivity contribution >= 4 is 33.4 Å². The van der Waals surface area contributed by atoms with E-state index < -0.39 is 92.9 Å². The molecule has 2 saturated carbocycles. The smallest absolute Gasteiger partial charge is 0.417 e. The van der Waals surface area contributed by atoms with Crippen molar-refractivity contribution in [1.29, 1.82) is 5.26 Å². The minimum Gasteiger partial charge on any atom is -0.425 e. The maximum absolute atomic E-state index is 14.2. The predicted molar refractivity (Wildman–Crippen MR) is 136 cm³/mol. The second-order valence-corrected chi connectivity index (χ2v) is 13.3. The lowest BCUT2D eigenvalue weighted by molar-refractivity contribution is -0.201. The molecule has 17 heteroatoms. The molecule has 2 aliphatic carbocycles. The van der Waals surface area contributed by atoms with Gasteiger partial charge >= 0.3 is 18.4 Å². The summed E-state index contributed by atoms with van der Waals surface area (Å²) in [5.74, 6) is -1.54. The van der Waals surface area contributed by atoms with E-state index in [4.69, 9.17) is 16.3 Å². The highest BCUT2D eigenvalue weighted by Crippen LogP contribution is 2.59. The molecular formula is C26H21ClF6N4O5S.